The van der Waals surface area contributed by atoms with Crippen LogP contribution in [-0.4, -0.2) is 36.8 Å². The van der Waals surface area contributed by atoms with Gasteiger partial charge >= 0.3 is 5.97 Å². The quantitative estimate of drug-likeness (QED) is 0.556. The summed E-state index contributed by atoms with van der Waals surface area (Å²) in [4.78, 5) is 10.5. The topological polar surface area (TPSA) is 63.4 Å². The lowest BCUT2D eigenvalue weighted by Crippen LogP contribution is -2.50. The maximum Gasteiger partial charge on any atom is 0.307 e. The fraction of sp³-hybridized carbons (Fsp3) is 0.857. The molecule has 2 unspecified atom stereocenters. The second-order valence-corrected chi connectivity index (χ2v) is 2.82. The van der Waals surface area contributed by atoms with Crippen LogP contribution in [0.15, 0.2) is 0 Å². The lowest BCUT2D eigenvalue weighted by atomic mass is 10.0. The van der Waals surface area contributed by atoms with Crippen LogP contribution < -0.4 is 10.6 Å². The highest BCUT2D eigenvalue weighted by atomic mass is 16.4. The van der Waals surface area contributed by atoms with Crippen LogP contribution in [-0.2, 0) is 4.79 Å². The molecule has 0 aromatic rings. The lowest BCUT2D eigenvalue weighted by molar-refractivity contribution is -0.142. The van der Waals surface area contributed by atoms with Gasteiger partial charge in [0.1, 0.15) is 0 Å². The number of carbonyl (C=O) groups is 1. The van der Waals surface area contributed by atoms with Crippen LogP contribution in [0, 0.1) is 5.92 Å². The van der Waals surface area contributed by atoms with Crippen molar-refractivity contribution in [1.29, 1.82) is 0 Å². The Morgan fingerprint density at radius 3 is 3.00 bits per heavy atom. The van der Waals surface area contributed by atoms with Crippen molar-refractivity contribution in [3.05, 3.63) is 0 Å². The van der Waals surface area contributed by atoms with Crippen LogP contribution in [0.4, 0.5) is 0 Å². The molecule has 0 saturated carbocycles. The molecule has 0 aliphatic carbocycles. The van der Waals surface area contributed by atoms with Crippen molar-refractivity contribution >= 4 is 5.97 Å². The van der Waals surface area contributed by atoms with Crippen molar-refractivity contribution in [2.75, 3.05) is 19.6 Å². The Morgan fingerprint density at radius 1 is 1.82 bits per heavy atom. The normalized spacial score (nSPS) is 27.9. The molecule has 4 heteroatoms. The number of hydrogen-bond acceptors (Lipinski definition) is 2. The lowest BCUT2D eigenvalue weighted by Gasteiger charge is -2.26. The van der Waals surface area contributed by atoms with E-state index in [0.29, 0.717) is 6.54 Å². The van der Waals surface area contributed by atoms with Crippen LogP contribution >= 0.6 is 0 Å². The van der Waals surface area contributed by atoms with E-state index >= 15 is 0 Å². The van der Waals surface area contributed by atoms with Crippen LogP contribution in [0.2, 0.25) is 0 Å². The van der Waals surface area contributed by atoms with E-state index in [1.165, 1.54) is 0 Å². The van der Waals surface area contributed by atoms with E-state index < -0.39 is 5.97 Å². The van der Waals surface area contributed by atoms with Gasteiger partial charge in [0.25, 0.3) is 0 Å². The molecule has 1 radical (unpaired) electrons. The number of carboxylic acid groups (broad SMARTS) is 1. The minimum absolute atomic E-state index is 0.0289. The number of hydrogen-bond donors (Lipinski definition) is 2. The Bertz CT molecular complexity index is 143. The fourth-order valence-electron chi connectivity index (χ4n) is 1.13. The molecule has 0 aromatic carbocycles. The second kappa shape index (κ2) is 3.69. The van der Waals surface area contributed by atoms with E-state index in [-0.39, 0.29) is 12.0 Å². The summed E-state index contributed by atoms with van der Waals surface area (Å²) in [7, 11) is 0. The molecule has 63 valence electrons. The average Bonchev–Trinajstić information content (AvgIpc) is 2.05. The third kappa shape index (κ3) is 2.17. The Morgan fingerprint density at radius 2 is 2.55 bits per heavy atom. The Labute approximate surface area is 66.0 Å². The number of nitrogens with one attached hydrogen (secondary N) is 1. The van der Waals surface area contributed by atoms with E-state index in [1.807, 2.05) is 0 Å². The summed E-state index contributed by atoms with van der Waals surface area (Å²) in [5.41, 5.74) is 0. The van der Waals surface area contributed by atoms with Gasteiger partial charge in [-0.25, -0.2) is 5.32 Å². The van der Waals surface area contributed by atoms with E-state index in [2.05, 4.69) is 10.6 Å². The number of aliphatic carboxylic acids is 1. The van der Waals surface area contributed by atoms with Crippen molar-refractivity contribution in [2.45, 2.75) is 13.0 Å². The van der Waals surface area contributed by atoms with E-state index in [1.54, 1.807) is 6.92 Å². The summed E-state index contributed by atoms with van der Waals surface area (Å²) >= 11 is 0. The minimum atomic E-state index is -0.750. The molecule has 11 heavy (non-hydrogen) atoms. The van der Waals surface area contributed by atoms with Gasteiger partial charge in [0.15, 0.2) is 0 Å². The monoisotopic (exact) mass is 157 g/mol. The third-order valence-corrected chi connectivity index (χ3v) is 2.00. The number of carboxylic acids is 1. The summed E-state index contributed by atoms with van der Waals surface area (Å²) < 4.78 is 0. The maximum absolute atomic E-state index is 10.5. The minimum Gasteiger partial charge on any atom is -0.481 e. The highest BCUT2D eigenvalue weighted by Crippen LogP contribution is 2.04. The molecule has 0 spiro atoms. The SMILES string of the molecule is CC(C(=O)O)C1C[N]CCN1. The summed E-state index contributed by atoms with van der Waals surface area (Å²) in [6.45, 7) is 3.96. The van der Waals surface area contributed by atoms with Crippen molar-refractivity contribution in [3.8, 4) is 0 Å². The zero-order chi connectivity index (χ0) is 8.27. The summed E-state index contributed by atoms with van der Waals surface area (Å²) in [5, 5.41) is 15.9. The predicted molar refractivity (Wildman–Crippen MR) is 40.5 cm³/mol. The van der Waals surface area contributed by atoms with Crippen molar-refractivity contribution < 1.29 is 9.90 Å². The molecular weight excluding hydrogens is 144 g/mol. The molecule has 1 aliphatic rings. The molecule has 1 fully saturated rings. The average molecular weight is 157 g/mol. The van der Waals surface area contributed by atoms with E-state index in [4.69, 9.17) is 5.11 Å². The first kappa shape index (κ1) is 8.49. The predicted octanol–water partition coefficient (Wildman–Crippen LogP) is -0.717. The molecule has 1 heterocycles. The number of nitrogens with zero attached hydrogens (tertiary/aromatic N) is 1. The molecule has 0 aromatic heterocycles. The van der Waals surface area contributed by atoms with Crippen molar-refractivity contribution in [2.24, 2.45) is 5.92 Å². The largest absolute Gasteiger partial charge is 0.481 e. The van der Waals surface area contributed by atoms with Gasteiger partial charge in [-0.3, -0.25) is 4.79 Å². The maximum atomic E-state index is 10.5. The standard InChI is InChI=1S/C7H13N2O2/c1-5(7(10)11)6-4-8-2-3-9-6/h5-6,9H,2-4H2,1H3,(H,10,11). The van der Waals surface area contributed by atoms with Crippen LogP contribution in [0.3, 0.4) is 0 Å². The Balaban J connectivity index is 2.38. The summed E-state index contributed by atoms with van der Waals surface area (Å²) in [6.07, 6.45) is 0. The van der Waals surface area contributed by atoms with Gasteiger partial charge < -0.3 is 10.4 Å². The zero-order valence-corrected chi connectivity index (χ0v) is 6.58. The first-order valence-corrected chi connectivity index (χ1v) is 3.81. The van der Waals surface area contributed by atoms with Gasteiger partial charge in [-0.15, -0.1) is 0 Å². The molecule has 1 rings (SSSR count). The first-order chi connectivity index (χ1) is 5.22. The summed E-state index contributed by atoms with van der Waals surface area (Å²) in [5.74, 6) is -1.08. The van der Waals surface area contributed by atoms with Gasteiger partial charge in [0, 0.05) is 25.7 Å². The molecule has 0 amide bonds. The first-order valence-electron chi connectivity index (χ1n) is 3.81. The second-order valence-electron chi connectivity index (χ2n) is 2.82. The molecule has 4 nitrogen and oxygen atoms in total. The molecule has 0 bridgehead atoms. The zero-order valence-electron chi connectivity index (χ0n) is 6.58. The smallest absolute Gasteiger partial charge is 0.307 e. The number of rotatable bonds is 2. The highest BCUT2D eigenvalue weighted by molar-refractivity contribution is 5.70. The number of piperazine rings is 1. The van der Waals surface area contributed by atoms with Gasteiger partial charge in [0.05, 0.1) is 5.92 Å². The Hall–Kier alpha value is -0.610. The van der Waals surface area contributed by atoms with E-state index in [9.17, 15) is 4.79 Å². The molecule has 1 saturated heterocycles. The van der Waals surface area contributed by atoms with Crippen LogP contribution in [0.5, 0.6) is 0 Å². The van der Waals surface area contributed by atoms with Crippen molar-refractivity contribution in [3.63, 3.8) is 0 Å². The van der Waals surface area contributed by atoms with Gasteiger partial charge in [-0.05, 0) is 0 Å². The van der Waals surface area contributed by atoms with Gasteiger partial charge in [0.2, 0.25) is 0 Å². The van der Waals surface area contributed by atoms with Crippen LogP contribution in [0.1, 0.15) is 6.92 Å². The highest BCUT2D eigenvalue weighted by Gasteiger charge is 2.24. The van der Waals surface area contributed by atoms with Crippen LogP contribution in [0.25, 0.3) is 0 Å². The molecule has 2 N–H and O–H groups in total. The fourth-order valence-corrected chi connectivity index (χ4v) is 1.13. The summed E-state index contributed by atoms with van der Waals surface area (Å²) in [6, 6.07) is 0.0289. The Kier molecular flexibility index (Phi) is 2.84. The van der Waals surface area contributed by atoms with Crippen molar-refractivity contribution in [1.82, 2.24) is 10.6 Å². The van der Waals surface area contributed by atoms with E-state index in [0.717, 1.165) is 13.1 Å². The third-order valence-electron chi connectivity index (χ3n) is 2.00. The van der Waals surface area contributed by atoms with Gasteiger partial charge in [-0.1, -0.05) is 6.92 Å². The molecular formula is C7H13N2O2. The molecule has 2 atom stereocenters. The van der Waals surface area contributed by atoms with Gasteiger partial charge in [-0.2, -0.15) is 0 Å². The molecule has 1 aliphatic heterocycles.